The first kappa shape index (κ1) is 26.4. The Labute approximate surface area is 229 Å². The maximum absolute atomic E-state index is 13.1. The monoisotopic (exact) mass is 551 g/mol. The minimum absolute atomic E-state index is 0.193. The van der Waals surface area contributed by atoms with E-state index in [4.69, 9.17) is 14.2 Å². The number of aromatic nitrogens is 2. The highest BCUT2D eigenvalue weighted by Gasteiger charge is 2.32. The van der Waals surface area contributed by atoms with E-state index < -0.39 is 11.5 Å². The molecule has 0 spiro atoms. The van der Waals surface area contributed by atoms with Gasteiger partial charge in [-0.1, -0.05) is 6.07 Å². The molecule has 11 nitrogen and oxygen atoms in total. The maximum Gasteiger partial charge on any atom is 0.410 e. The van der Waals surface area contributed by atoms with Gasteiger partial charge in [-0.05, 0) is 38.5 Å². The van der Waals surface area contributed by atoms with Crippen LogP contribution >= 0.6 is 11.3 Å². The average Bonchev–Trinajstić information content (AvgIpc) is 3.63. The summed E-state index contributed by atoms with van der Waals surface area (Å²) in [5, 5.41) is 4.68. The molecule has 1 saturated heterocycles. The molecule has 0 aliphatic carbocycles. The number of methoxy groups -OCH3 is 1. The van der Waals surface area contributed by atoms with Gasteiger partial charge in [0.05, 0.1) is 26.4 Å². The number of anilines is 2. The number of hydrogen-bond acceptors (Lipinski definition) is 9. The predicted molar refractivity (Wildman–Crippen MR) is 145 cm³/mol. The van der Waals surface area contributed by atoms with Crippen LogP contribution in [0, 0.1) is 0 Å². The summed E-state index contributed by atoms with van der Waals surface area (Å²) in [5.41, 5.74) is 1.23. The molecule has 0 radical (unpaired) electrons. The fourth-order valence-electron chi connectivity index (χ4n) is 4.34. The zero-order valence-electron chi connectivity index (χ0n) is 22.1. The fraction of sp³-hybridized carbons (Fsp3) is 0.370. The van der Waals surface area contributed by atoms with E-state index in [0.29, 0.717) is 54.6 Å². The van der Waals surface area contributed by atoms with Crippen LogP contribution in [0.4, 0.5) is 16.3 Å². The van der Waals surface area contributed by atoms with E-state index in [-0.39, 0.29) is 23.1 Å². The molecule has 0 unspecified atom stereocenters. The number of benzene rings is 1. The van der Waals surface area contributed by atoms with Crippen molar-refractivity contribution in [2.75, 3.05) is 30.4 Å². The molecular weight excluding hydrogens is 522 g/mol. The Bertz CT molecular complexity index is 1420. The van der Waals surface area contributed by atoms with Crippen molar-refractivity contribution in [3.63, 3.8) is 0 Å². The lowest BCUT2D eigenvalue weighted by Crippen LogP contribution is -2.36. The molecule has 1 fully saturated rings. The maximum atomic E-state index is 13.1. The largest absolute Gasteiger partial charge is 0.497 e. The second kappa shape index (κ2) is 10.5. The van der Waals surface area contributed by atoms with Crippen LogP contribution in [0.1, 0.15) is 52.9 Å². The Morgan fingerprint density at radius 2 is 2.03 bits per heavy atom. The van der Waals surface area contributed by atoms with E-state index in [2.05, 4.69) is 15.3 Å². The molecule has 12 heteroatoms. The second-order valence-corrected chi connectivity index (χ2v) is 11.1. The summed E-state index contributed by atoms with van der Waals surface area (Å²) >= 11 is 1.14. The lowest BCUT2D eigenvalue weighted by molar-refractivity contribution is 0.0275. The molecule has 1 aromatic carbocycles. The zero-order chi connectivity index (χ0) is 27.7. The number of pyridine rings is 1. The summed E-state index contributed by atoms with van der Waals surface area (Å²) in [6.45, 7) is 6.73. The molecule has 4 heterocycles. The van der Waals surface area contributed by atoms with E-state index in [0.717, 1.165) is 16.9 Å². The lowest BCUT2D eigenvalue weighted by atomic mass is 10.1. The number of fused-ring (bicyclic) bond motifs is 1. The number of amides is 3. The van der Waals surface area contributed by atoms with Crippen molar-refractivity contribution < 1.29 is 28.6 Å². The van der Waals surface area contributed by atoms with Gasteiger partial charge >= 0.3 is 6.09 Å². The Morgan fingerprint density at radius 1 is 1.21 bits per heavy atom. The van der Waals surface area contributed by atoms with Gasteiger partial charge in [0.1, 0.15) is 34.7 Å². The summed E-state index contributed by atoms with van der Waals surface area (Å²) in [6.07, 6.45) is 3.05. The van der Waals surface area contributed by atoms with Gasteiger partial charge in [0, 0.05) is 36.2 Å². The highest BCUT2D eigenvalue weighted by atomic mass is 32.1. The Hall–Kier alpha value is -4.19. The number of likely N-dealkylation sites (tertiary alicyclic amines) is 1. The predicted octanol–water partition coefficient (Wildman–Crippen LogP) is 4.35. The highest BCUT2D eigenvalue weighted by molar-refractivity contribution is 7.12. The van der Waals surface area contributed by atoms with Gasteiger partial charge in [0.25, 0.3) is 11.8 Å². The smallest absolute Gasteiger partial charge is 0.410 e. The van der Waals surface area contributed by atoms with Gasteiger partial charge in [-0.25, -0.2) is 9.78 Å². The molecule has 39 heavy (non-hydrogen) atoms. The number of hydrogen-bond donors (Lipinski definition) is 1. The van der Waals surface area contributed by atoms with Crippen molar-refractivity contribution in [3.8, 4) is 11.5 Å². The third-order valence-electron chi connectivity index (χ3n) is 6.20. The summed E-state index contributed by atoms with van der Waals surface area (Å²) < 4.78 is 16.8. The van der Waals surface area contributed by atoms with Crippen LogP contribution in [-0.2, 0) is 11.3 Å². The van der Waals surface area contributed by atoms with Crippen LogP contribution in [0.25, 0.3) is 0 Å². The number of nitrogens with one attached hydrogen (secondary N) is 1. The van der Waals surface area contributed by atoms with Crippen molar-refractivity contribution in [1.29, 1.82) is 0 Å². The van der Waals surface area contributed by atoms with E-state index in [1.165, 1.54) is 11.1 Å². The van der Waals surface area contributed by atoms with Gasteiger partial charge in [0.15, 0.2) is 5.01 Å². The normalized spacial score (nSPS) is 16.7. The molecule has 1 N–H and O–H groups in total. The number of carbonyl (C=O) groups excluding carboxylic acids is 3. The molecule has 3 amide bonds. The summed E-state index contributed by atoms with van der Waals surface area (Å²) in [4.78, 5) is 50.1. The first-order valence-electron chi connectivity index (χ1n) is 12.5. The zero-order valence-corrected chi connectivity index (χ0v) is 22.9. The van der Waals surface area contributed by atoms with Crippen LogP contribution < -0.4 is 19.7 Å². The quantitative estimate of drug-likeness (QED) is 0.480. The molecular formula is C27H29N5O6S. The van der Waals surface area contributed by atoms with Crippen LogP contribution in [0.3, 0.4) is 0 Å². The number of rotatable bonds is 6. The van der Waals surface area contributed by atoms with Crippen LogP contribution in [0.5, 0.6) is 11.5 Å². The van der Waals surface area contributed by atoms with E-state index in [1.807, 2.05) is 32.9 Å². The highest BCUT2D eigenvalue weighted by Crippen LogP contribution is 2.32. The first-order chi connectivity index (χ1) is 18.6. The minimum atomic E-state index is -0.576. The third kappa shape index (κ3) is 5.80. The molecule has 0 bridgehead atoms. The number of nitrogens with zero attached hydrogens (tertiary/aromatic N) is 4. The van der Waals surface area contributed by atoms with Gasteiger partial charge in [-0.3, -0.25) is 19.5 Å². The van der Waals surface area contributed by atoms with Crippen molar-refractivity contribution in [2.24, 2.45) is 0 Å². The summed E-state index contributed by atoms with van der Waals surface area (Å²) in [6, 6.07) is 7.03. The van der Waals surface area contributed by atoms with Crippen molar-refractivity contribution >= 4 is 40.7 Å². The van der Waals surface area contributed by atoms with Crippen LogP contribution in [0.2, 0.25) is 0 Å². The lowest BCUT2D eigenvalue weighted by Gasteiger charge is -2.24. The van der Waals surface area contributed by atoms with Gasteiger partial charge in [-0.15, -0.1) is 11.3 Å². The van der Waals surface area contributed by atoms with Gasteiger partial charge in [0.2, 0.25) is 0 Å². The molecule has 3 aromatic rings. The summed E-state index contributed by atoms with van der Waals surface area (Å²) in [7, 11) is 1.55. The standard InChI is InChI=1S/C27H29N5O6S/c1-27(2,3)38-26(35)31-10-8-18(14-31)37-21-7-9-28-12-20(21)29-23(33)24-30-22(15-39-24)32-13-16-5-6-17(36-4)11-19(16)25(32)34/h5-7,9,11-12,15,18H,8,10,13-14H2,1-4H3,(H,29,33)/t18-/m0/s1. The Morgan fingerprint density at radius 3 is 2.79 bits per heavy atom. The molecule has 2 aromatic heterocycles. The van der Waals surface area contributed by atoms with Gasteiger partial charge in [-0.2, -0.15) is 0 Å². The number of thiazole rings is 1. The van der Waals surface area contributed by atoms with E-state index >= 15 is 0 Å². The van der Waals surface area contributed by atoms with Crippen molar-refractivity contribution in [1.82, 2.24) is 14.9 Å². The SMILES string of the molecule is COc1ccc2c(c1)C(=O)N(c1csc(C(=O)Nc3cnccc3O[C@H]3CCN(C(=O)OC(C)(C)C)C3)n1)C2. The third-order valence-corrected chi connectivity index (χ3v) is 7.03. The average molecular weight is 552 g/mol. The van der Waals surface area contributed by atoms with Crippen molar-refractivity contribution in [2.45, 2.75) is 45.4 Å². The van der Waals surface area contributed by atoms with Gasteiger partial charge < -0.3 is 24.4 Å². The molecule has 2 aliphatic heterocycles. The number of ether oxygens (including phenoxy) is 3. The Kier molecular flexibility index (Phi) is 7.13. The minimum Gasteiger partial charge on any atom is -0.497 e. The molecule has 1 atom stereocenters. The van der Waals surface area contributed by atoms with Crippen LogP contribution in [0.15, 0.2) is 42.0 Å². The van der Waals surface area contributed by atoms with E-state index in [9.17, 15) is 14.4 Å². The van der Waals surface area contributed by atoms with Crippen molar-refractivity contribution in [3.05, 3.63) is 58.2 Å². The molecule has 0 saturated carbocycles. The first-order valence-corrected chi connectivity index (χ1v) is 13.3. The molecule has 5 rings (SSSR count). The topological polar surface area (TPSA) is 123 Å². The fourth-order valence-corrected chi connectivity index (χ4v) is 5.04. The molecule has 2 aliphatic rings. The van der Waals surface area contributed by atoms with Crippen LogP contribution in [-0.4, -0.2) is 64.7 Å². The summed E-state index contributed by atoms with van der Waals surface area (Å²) in [5.74, 6) is 0.802. The Balaban J connectivity index is 1.23. The number of carbonyl (C=O) groups is 3. The molecule has 204 valence electrons. The second-order valence-electron chi connectivity index (χ2n) is 10.2. The van der Waals surface area contributed by atoms with E-state index in [1.54, 1.807) is 35.7 Å².